The number of ether oxygens (including phenoxy) is 2. The van der Waals surface area contributed by atoms with Gasteiger partial charge in [0.1, 0.15) is 11.4 Å². The van der Waals surface area contributed by atoms with Crippen LogP contribution < -0.4 is 0 Å². The molecule has 95 valence electrons. The van der Waals surface area contributed by atoms with E-state index in [-0.39, 0.29) is 44.9 Å². The molecule has 1 radical (unpaired) electrons. The fourth-order valence-electron chi connectivity index (χ4n) is 1.31. The predicted molar refractivity (Wildman–Crippen MR) is 59.7 cm³/mol. The smallest absolute Gasteiger partial charge is 0.341 e. The van der Waals surface area contributed by atoms with E-state index in [4.69, 9.17) is 4.74 Å². The first-order valence-corrected chi connectivity index (χ1v) is 4.89. The second-order valence-electron chi connectivity index (χ2n) is 3.19. The molecule has 0 amide bonds. The summed E-state index contributed by atoms with van der Waals surface area (Å²) in [5.41, 5.74) is 0.914. The first-order chi connectivity index (χ1) is 8.13. The average Bonchev–Trinajstić information content (AvgIpc) is 2.35. The largest absolute Gasteiger partial charge is 0.503 e. The van der Waals surface area contributed by atoms with Gasteiger partial charge >= 0.3 is 5.97 Å². The maximum atomic E-state index is 11.5. The number of methoxy groups -OCH3 is 2. The Morgan fingerprint density at radius 3 is 2.67 bits per heavy atom. The molecule has 7 heteroatoms. The van der Waals surface area contributed by atoms with Gasteiger partial charge in [-0.05, 0) is 6.92 Å². The van der Waals surface area contributed by atoms with Gasteiger partial charge in [0.05, 0.1) is 32.8 Å². The van der Waals surface area contributed by atoms with Gasteiger partial charge < -0.3 is 14.6 Å². The number of aliphatic hydroxyl groups is 1. The molecular formula is C11H14N2O4Y. The molecule has 0 aliphatic rings. The maximum Gasteiger partial charge on any atom is 0.341 e. The fourth-order valence-corrected chi connectivity index (χ4v) is 1.31. The van der Waals surface area contributed by atoms with Gasteiger partial charge in [-0.2, -0.15) is 0 Å². The zero-order valence-corrected chi connectivity index (χ0v) is 13.3. The van der Waals surface area contributed by atoms with E-state index in [0.717, 1.165) is 0 Å². The van der Waals surface area contributed by atoms with Crippen LogP contribution in [-0.2, 0) is 53.6 Å². The molecular weight excluding hydrogens is 313 g/mol. The number of carbonyl (C=O) groups excluding carboxylic acids is 1. The molecule has 18 heavy (non-hydrogen) atoms. The van der Waals surface area contributed by atoms with Crippen molar-refractivity contribution in [1.29, 1.82) is 0 Å². The van der Waals surface area contributed by atoms with Crippen LogP contribution >= 0.6 is 0 Å². The molecule has 6 nitrogen and oxygen atoms in total. The minimum Gasteiger partial charge on any atom is -0.503 e. The molecule has 1 N–H and O–H groups in total. The van der Waals surface area contributed by atoms with Gasteiger partial charge in [-0.25, -0.2) is 14.8 Å². The molecule has 0 atom stereocenters. The van der Waals surface area contributed by atoms with Crippen LogP contribution in [0, 0.1) is 6.92 Å². The van der Waals surface area contributed by atoms with Crippen LogP contribution in [0.5, 0.6) is 0 Å². The van der Waals surface area contributed by atoms with E-state index in [1.54, 1.807) is 6.92 Å². The van der Waals surface area contributed by atoms with E-state index in [1.165, 1.54) is 26.7 Å². The molecule has 0 unspecified atom stereocenters. The van der Waals surface area contributed by atoms with Crippen molar-refractivity contribution in [3.8, 4) is 0 Å². The van der Waals surface area contributed by atoms with Gasteiger partial charge in [-0.15, -0.1) is 0 Å². The standard InChI is InChI=1S/C11H14N2O4.Y/c1-7-12-4-8(10(5-14)13-7)9(6-16-2)11(15)17-3;/h4,6,14H,5H2,1-3H3;/b9-6+;. The molecule has 1 heterocycles. The number of carbonyl (C=O) groups is 1. The fraction of sp³-hybridized carbons (Fsp3) is 0.364. The number of nitrogens with zero attached hydrogens (tertiary/aromatic N) is 2. The zero-order chi connectivity index (χ0) is 12.8. The third-order valence-electron chi connectivity index (χ3n) is 2.07. The van der Waals surface area contributed by atoms with E-state index in [1.807, 2.05) is 0 Å². The summed E-state index contributed by atoms with van der Waals surface area (Å²) in [6.45, 7) is 1.40. The molecule has 0 bridgehead atoms. The molecule has 0 aromatic carbocycles. The topological polar surface area (TPSA) is 81.5 Å². The summed E-state index contributed by atoms with van der Waals surface area (Å²) >= 11 is 0. The molecule has 0 spiro atoms. The Balaban J connectivity index is 0.00000289. The van der Waals surface area contributed by atoms with Crippen LogP contribution in [0.15, 0.2) is 12.5 Å². The number of aliphatic hydroxyl groups excluding tert-OH is 1. The molecule has 1 aromatic rings. The van der Waals surface area contributed by atoms with Gasteiger partial charge in [0.15, 0.2) is 0 Å². The summed E-state index contributed by atoms with van der Waals surface area (Å²) in [5.74, 6) is -0.0616. The minimum atomic E-state index is -0.575. The van der Waals surface area contributed by atoms with Crippen LogP contribution in [0.4, 0.5) is 0 Å². The Hall–Kier alpha value is -0.846. The monoisotopic (exact) mass is 327 g/mol. The molecule has 1 aromatic heterocycles. The first-order valence-electron chi connectivity index (χ1n) is 4.89. The number of hydrogen-bond donors (Lipinski definition) is 1. The number of aryl methyl sites for hydroxylation is 1. The average molecular weight is 327 g/mol. The molecule has 0 aliphatic heterocycles. The Kier molecular flexibility index (Phi) is 7.90. The third-order valence-corrected chi connectivity index (χ3v) is 2.07. The second-order valence-corrected chi connectivity index (χ2v) is 3.19. The van der Waals surface area contributed by atoms with Crippen molar-refractivity contribution in [2.45, 2.75) is 13.5 Å². The summed E-state index contributed by atoms with van der Waals surface area (Å²) < 4.78 is 9.44. The Morgan fingerprint density at radius 1 is 1.50 bits per heavy atom. The van der Waals surface area contributed by atoms with Crippen molar-refractivity contribution < 1.29 is 52.1 Å². The van der Waals surface area contributed by atoms with Gasteiger partial charge in [0.2, 0.25) is 0 Å². The number of aromatic nitrogens is 2. The van der Waals surface area contributed by atoms with Gasteiger partial charge in [-0.3, -0.25) is 0 Å². The molecule has 0 fully saturated rings. The third kappa shape index (κ3) is 4.12. The predicted octanol–water partition coefficient (Wildman–Crippen LogP) is 0.435. The summed E-state index contributed by atoms with van der Waals surface area (Å²) in [7, 11) is 2.68. The quantitative estimate of drug-likeness (QED) is 0.491. The van der Waals surface area contributed by atoms with Crippen LogP contribution in [0.2, 0.25) is 0 Å². The van der Waals surface area contributed by atoms with Crippen LogP contribution in [-0.4, -0.2) is 35.3 Å². The second kappa shape index (κ2) is 8.29. The van der Waals surface area contributed by atoms with Gasteiger partial charge in [0.25, 0.3) is 0 Å². The summed E-state index contributed by atoms with van der Waals surface area (Å²) in [5, 5.41) is 9.20. The maximum absolute atomic E-state index is 11.5. The van der Waals surface area contributed by atoms with Crippen molar-refractivity contribution >= 4 is 11.5 Å². The SMILES string of the molecule is CO/C=C(/C(=O)OC)c1cnc(C)nc1CO.[Y]. The van der Waals surface area contributed by atoms with Crippen LogP contribution in [0.1, 0.15) is 17.1 Å². The molecule has 0 aliphatic carbocycles. The van der Waals surface area contributed by atoms with Crippen molar-refractivity contribution in [2.24, 2.45) is 0 Å². The van der Waals surface area contributed by atoms with E-state index in [2.05, 4.69) is 14.7 Å². The number of hydrogen-bond acceptors (Lipinski definition) is 6. The number of rotatable bonds is 4. The van der Waals surface area contributed by atoms with Gasteiger partial charge in [-0.1, -0.05) is 0 Å². The van der Waals surface area contributed by atoms with Crippen LogP contribution in [0.3, 0.4) is 0 Å². The van der Waals surface area contributed by atoms with E-state index < -0.39 is 5.97 Å². The van der Waals surface area contributed by atoms with Gasteiger partial charge in [0, 0.05) is 44.5 Å². The molecule has 1 rings (SSSR count). The van der Waals surface area contributed by atoms with E-state index >= 15 is 0 Å². The molecule has 0 saturated heterocycles. The van der Waals surface area contributed by atoms with Crippen molar-refractivity contribution in [2.75, 3.05) is 14.2 Å². The van der Waals surface area contributed by atoms with Crippen molar-refractivity contribution in [3.05, 3.63) is 29.5 Å². The summed E-state index contributed by atoms with van der Waals surface area (Å²) in [6.07, 6.45) is 2.69. The van der Waals surface area contributed by atoms with Crippen LogP contribution in [0.25, 0.3) is 5.57 Å². The molecule has 0 saturated carbocycles. The number of esters is 1. The van der Waals surface area contributed by atoms with Crippen molar-refractivity contribution in [1.82, 2.24) is 9.97 Å². The normalized spacial score (nSPS) is 10.6. The minimum absolute atomic E-state index is 0. The Morgan fingerprint density at radius 2 is 2.17 bits per heavy atom. The van der Waals surface area contributed by atoms with E-state index in [0.29, 0.717) is 17.1 Å². The Labute approximate surface area is 130 Å². The zero-order valence-electron chi connectivity index (χ0n) is 10.5. The summed E-state index contributed by atoms with van der Waals surface area (Å²) in [6, 6.07) is 0. The summed E-state index contributed by atoms with van der Waals surface area (Å²) in [4.78, 5) is 19.6. The van der Waals surface area contributed by atoms with E-state index in [9.17, 15) is 9.90 Å². The van der Waals surface area contributed by atoms with Crippen molar-refractivity contribution in [3.63, 3.8) is 0 Å². The Bertz CT molecular complexity index is 449. The first kappa shape index (κ1) is 17.2.